The van der Waals surface area contributed by atoms with E-state index in [9.17, 15) is 0 Å². The fraction of sp³-hybridized carbons (Fsp3) is 0.0930. The quantitative estimate of drug-likeness (QED) is 0.205. The largest absolute Gasteiger partial charge is 0.248 e. The van der Waals surface area contributed by atoms with E-state index < -0.39 is 5.41 Å². The Hall–Kier alpha value is -5.27. The van der Waals surface area contributed by atoms with Gasteiger partial charge in [0.25, 0.3) is 0 Å². The average Bonchev–Trinajstić information content (AvgIpc) is 3.38. The van der Waals surface area contributed by atoms with Crippen LogP contribution in [0.4, 0.5) is 0 Å². The topological polar surface area (TPSA) is 12.9 Å². The second-order valence-corrected chi connectivity index (χ2v) is 12.7. The molecule has 0 saturated carbocycles. The van der Waals surface area contributed by atoms with Crippen molar-refractivity contribution in [2.24, 2.45) is 0 Å². The molecule has 0 aliphatic heterocycles. The Morgan fingerprint density at radius 1 is 0.432 bits per heavy atom. The van der Waals surface area contributed by atoms with Gasteiger partial charge in [-0.3, -0.25) is 0 Å². The summed E-state index contributed by atoms with van der Waals surface area (Å²) in [4.78, 5) is 5.33. The van der Waals surface area contributed by atoms with E-state index in [4.69, 9.17) is 4.98 Å². The molecular weight excluding hydrogens is 530 g/mol. The molecule has 0 amide bonds. The minimum Gasteiger partial charge on any atom is -0.248 e. The fourth-order valence-corrected chi connectivity index (χ4v) is 8.29. The van der Waals surface area contributed by atoms with Crippen molar-refractivity contribution in [3.63, 3.8) is 0 Å². The van der Waals surface area contributed by atoms with Crippen molar-refractivity contribution in [1.29, 1.82) is 0 Å². The highest BCUT2D eigenvalue weighted by Gasteiger charge is 2.53. The van der Waals surface area contributed by atoms with Gasteiger partial charge in [-0.05, 0) is 67.8 Å². The van der Waals surface area contributed by atoms with Gasteiger partial charge in [0.2, 0.25) is 0 Å². The Morgan fingerprint density at radius 3 is 1.70 bits per heavy atom. The summed E-state index contributed by atoms with van der Waals surface area (Å²) < 4.78 is 0. The summed E-state index contributed by atoms with van der Waals surface area (Å²) >= 11 is 0. The zero-order valence-corrected chi connectivity index (χ0v) is 24.9. The van der Waals surface area contributed by atoms with Crippen LogP contribution in [0.1, 0.15) is 47.2 Å². The fourth-order valence-electron chi connectivity index (χ4n) is 8.29. The lowest BCUT2D eigenvalue weighted by Gasteiger charge is -2.46. The van der Waals surface area contributed by atoms with Crippen molar-refractivity contribution in [1.82, 2.24) is 4.98 Å². The van der Waals surface area contributed by atoms with E-state index in [0.717, 1.165) is 11.2 Å². The molecule has 2 aliphatic rings. The number of fused-ring (bicyclic) bond motifs is 10. The van der Waals surface area contributed by atoms with E-state index in [2.05, 4.69) is 166 Å². The smallest absolute Gasteiger partial charge is 0.0722 e. The highest BCUT2D eigenvalue weighted by Crippen LogP contribution is 2.63. The summed E-state index contributed by atoms with van der Waals surface area (Å²) in [7, 11) is 0. The van der Waals surface area contributed by atoms with Gasteiger partial charge in [-0.25, -0.2) is 4.98 Å². The van der Waals surface area contributed by atoms with Gasteiger partial charge in [0.1, 0.15) is 0 Å². The summed E-state index contributed by atoms with van der Waals surface area (Å²) in [5.74, 6) is 0. The molecule has 0 N–H and O–H groups in total. The Balaban J connectivity index is 1.41. The first-order valence-electron chi connectivity index (χ1n) is 15.5. The van der Waals surface area contributed by atoms with E-state index in [1.165, 1.54) is 66.6 Å². The molecule has 1 heterocycles. The molecule has 1 spiro atoms. The zero-order valence-electron chi connectivity index (χ0n) is 24.9. The van der Waals surface area contributed by atoms with Crippen molar-refractivity contribution < 1.29 is 0 Å². The molecule has 0 radical (unpaired) electrons. The maximum Gasteiger partial charge on any atom is 0.0722 e. The van der Waals surface area contributed by atoms with Crippen molar-refractivity contribution >= 4 is 10.9 Å². The van der Waals surface area contributed by atoms with Crippen molar-refractivity contribution in [3.8, 4) is 33.5 Å². The van der Waals surface area contributed by atoms with Crippen molar-refractivity contribution in [2.75, 3.05) is 0 Å². The minimum atomic E-state index is -0.413. The number of rotatable bonds is 2. The van der Waals surface area contributed by atoms with Crippen LogP contribution in [0.3, 0.4) is 0 Å². The van der Waals surface area contributed by atoms with Gasteiger partial charge in [0.05, 0.1) is 16.6 Å². The van der Waals surface area contributed by atoms with Crippen molar-refractivity contribution in [2.45, 2.75) is 24.7 Å². The Morgan fingerprint density at radius 2 is 0.977 bits per heavy atom. The maximum absolute atomic E-state index is 5.33. The number of pyridine rings is 1. The van der Waals surface area contributed by atoms with Gasteiger partial charge >= 0.3 is 0 Å². The first-order chi connectivity index (χ1) is 21.6. The number of para-hydroxylation sites is 1. The third-order valence-corrected chi connectivity index (χ3v) is 10.2. The third-order valence-electron chi connectivity index (χ3n) is 10.2. The molecule has 44 heavy (non-hydrogen) atoms. The lowest BCUT2D eigenvalue weighted by Crippen LogP contribution is -2.40. The molecule has 0 atom stereocenters. The molecule has 6 aromatic carbocycles. The molecule has 9 rings (SSSR count). The molecule has 0 fully saturated rings. The van der Waals surface area contributed by atoms with Crippen LogP contribution in [0.2, 0.25) is 0 Å². The van der Waals surface area contributed by atoms with E-state index in [1.807, 2.05) is 0 Å². The molecule has 1 aromatic heterocycles. The number of hydrogen-bond donors (Lipinski definition) is 0. The second-order valence-electron chi connectivity index (χ2n) is 12.7. The highest BCUT2D eigenvalue weighted by atomic mass is 14.7. The molecular formula is C43H31N. The third kappa shape index (κ3) is 3.22. The lowest BCUT2D eigenvalue weighted by atomic mass is 9.55. The summed E-state index contributed by atoms with van der Waals surface area (Å²) in [6.07, 6.45) is 0. The summed E-state index contributed by atoms with van der Waals surface area (Å²) in [5, 5.41) is 1.17. The van der Waals surface area contributed by atoms with Crippen LogP contribution < -0.4 is 0 Å². The van der Waals surface area contributed by atoms with Crippen molar-refractivity contribution in [3.05, 3.63) is 185 Å². The molecule has 2 aliphatic carbocycles. The molecule has 1 nitrogen and oxygen atoms in total. The van der Waals surface area contributed by atoms with E-state index >= 15 is 0 Å². The van der Waals surface area contributed by atoms with Crippen LogP contribution in [0.5, 0.6) is 0 Å². The normalized spacial score (nSPS) is 15.0. The molecule has 1 heteroatoms. The van der Waals surface area contributed by atoms with Crippen LogP contribution in [0.25, 0.3) is 44.4 Å². The van der Waals surface area contributed by atoms with Crippen LogP contribution in [-0.2, 0) is 10.8 Å². The standard InChI is InChI=1S/C43H31N/c1-42(2)34-21-9-11-23-36(34)43(37-24-12-10-22-35(37)42)33-20-8-6-18-30(33)41-31(19-14-25-38(41)43)40-27-32(28-15-4-3-5-16-28)29-17-7-13-26-39(29)44-40/h3-27H,1-2H3. The van der Waals surface area contributed by atoms with Crippen LogP contribution >= 0.6 is 0 Å². The van der Waals surface area contributed by atoms with Gasteiger partial charge < -0.3 is 0 Å². The number of nitrogens with zero attached hydrogens (tertiary/aromatic N) is 1. The van der Waals surface area contributed by atoms with Crippen LogP contribution in [0, 0.1) is 0 Å². The predicted molar refractivity (Wildman–Crippen MR) is 182 cm³/mol. The van der Waals surface area contributed by atoms with Crippen LogP contribution in [-0.4, -0.2) is 4.98 Å². The summed E-state index contributed by atoms with van der Waals surface area (Å²) in [6.45, 7) is 4.75. The average molecular weight is 562 g/mol. The molecule has 208 valence electrons. The van der Waals surface area contributed by atoms with Gasteiger partial charge in [-0.15, -0.1) is 0 Å². The number of benzene rings is 6. The summed E-state index contributed by atoms with van der Waals surface area (Å²) in [6, 6.07) is 55.7. The molecule has 0 unspecified atom stereocenters. The number of hydrogen-bond acceptors (Lipinski definition) is 1. The molecule has 0 bridgehead atoms. The summed E-state index contributed by atoms with van der Waals surface area (Å²) in [5.41, 5.74) is 15.9. The molecule has 0 saturated heterocycles. The van der Waals surface area contributed by atoms with E-state index in [-0.39, 0.29) is 5.41 Å². The van der Waals surface area contributed by atoms with Gasteiger partial charge in [0, 0.05) is 16.4 Å². The Bertz CT molecular complexity index is 2210. The Labute approximate surface area is 258 Å². The second kappa shape index (κ2) is 9.11. The predicted octanol–water partition coefficient (Wildman–Crippen LogP) is 10.6. The first-order valence-corrected chi connectivity index (χ1v) is 15.5. The van der Waals surface area contributed by atoms with Gasteiger partial charge in [-0.1, -0.05) is 153 Å². The van der Waals surface area contributed by atoms with Gasteiger partial charge in [0.15, 0.2) is 0 Å². The maximum atomic E-state index is 5.33. The zero-order chi connectivity index (χ0) is 29.5. The van der Waals surface area contributed by atoms with Crippen LogP contribution in [0.15, 0.2) is 152 Å². The lowest BCUT2D eigenvalue weighted by molar-refractivity contribution is 0.563. The highest BCUT2D eigenvalue weighted by molar-refractivity contribution is 6.00. The first kappa shape index (κ1) is 25.2. The SMILES string of the molecule is CC1(C)c2ccccc2C2(c3ccccc3-c3c(-c4cc(-c5ccccc5)c5ccccc5n4)cccc32)c2ccccc21. The Kier molecular flexibility index (Phi) is 5.23. The van der Waals surface area contributed by atoms with Gasteiger partial charge in [-0.2, -0.15) is 0 Å². The monoisotopic (exact) mass is 561 g/mol. The minimum absolute atomic E-state index is 0.113. The van der Waals surface area contributed by atoms with E-state index in [0.29, 0.717) is 0 Å². The number of aromatic nitrogens is 1. The van der Waals surface area contributed by atoms with E-state index in [1.54, 1.807) is 0 Å². The molecule has 7 aromatic rings.